The minimum atomic E-state index is -1.60. The average molecular weight is 626 g/mol. The first-order valence-electron chi connectivity index (χ1n) is 26.0. The first-order valence-corrected chi connectivity index (χ1v) is 14.0. The van der Waals surface area contributed by atoms with Gasteiger partial charge in [0.1, 0.15) is 23.1 Å². The van der Waals surface area contributed by atoms with Crippen LogP contribution in [0.1, 0.15) is 32.9 Å². The summed E-state index contributed by atoms with van der Waals surface area (Å²) >= 11 is 0. The maximum absolute atomic E-state index is 9.92. The molecule has 6 aromatic carbocycles. The fourth-order valence-electron chi connectivity index (χ4n) is 6.36. The first-order chi connectivity index (χ1) is 33.3. The standard InChI is InChI=1S/C41H24BN3O2/c1-6-18-31-25(12-1)26-13-2-7-19-32(26)44(31)34-21-11-15-28-27-14-3-8-20-33(27)45(40(28)34)38-24-37-39-41(43-38)47-36-23-10-5-17-30(36)42(39)29-16-4-9-22-35(29)46-37/h1-24H/i1D,2D,3D,4D,5D,6D,7D,8D,9D,10D,11D,12D,13D,14D,15D,16D,17D,18D,19D,20D,21D,22D,23D,24D. The van der Waals surface area contributed by atoms with Gasteiger partial charge in [0.05, 0.1) is 60.7 Å². The van der Waals surface area contributed by atoms with Crippen LogP contribution in [0.15, 0.2) is 145 Å². The number of fused-ring (bicyclic) bond motifs is 10. The quantitative estimate of drug-likeness (QED) is 0.183. The van der Waals surface area contributed by atoms with Crippen molar-refractivity contribution in [2.24, 2.45) is 0 Å². The lowest BCUT2D eigenvalue weighted by atomic mass is 9.35. The molecule has 0 aliphatic carbocycles. The number of benzene rings is 6. The number of hydrogen-bond acceptors (Lipinski definition) is 3. The van der Waals surface area contributed by atoms with Gasteiger partial charge in [0.25, 0.3) is 6.71 Å². The van der Waals surface area contributed by atoms with Crippen LogP contribution in [-0.2, 0) is 0 Å². The number of pyridine rings is 1. The van der Waals surface area contributed by atoms with Crippen LogP contribution in [0, 0.1) is 0 Å². The summed E-state index contributed by atoms with van der Waals surface area (Å²) in [5.41, 5.74) is -3.92. The van der Waals surface area contributed by atoms with Crippen molar-refractivity contribution in [2.45, 2.75) is 0 Å². The normalized spacial score (nSPS) is 20.1. The molecule has 0 atom stereocenters. The van der Waals surface area contributed by atoms with Crippen LogP contribution in [-0.4, -0.2) is 20.8 Å². The second-order valence-electron chi connectivity index (χ2n) is 10.5. The second-order valence-corrected chi connectivity index (χ2v) is 10.5. The maximum Gasteiger partial charge on any atom is 0.262 e. The van der Waals surface area contributed by atoms with Crippen molar-refractivity contribution in [3.63, 3.8) is 0 Å². The van der Waals surface area contributed by atoms with E-state index < -0.39 is 230 Å². The van der Waals surface area contributed by atoms with Crippen molar-refractivity contribution in [1.82, 2.24) is 14.1 Å². The Morgan fingerprint density at radius 3 is 1.72 bits per heavy atom. The third-order valence-electron chi connectivity index (χ3n) is 8.20. The van der Waals surface area contributed by atoms with Crippen molar-refractivity contribution in [2.75, 3.05) is 0 Å². The molecule has 2 aliphatic rings. The molecule has 0 saturated heterocycles. The highest BCUT2D eigenvalue weighted by molar-refractivity contribution is 6.98. The fraction of sp³-hybridized carbons (Fsp3) is 0. The van der Waals surface area contributed by atoms with E-state index in [2.05, 4.69) is 4.98 Å². The van der Waals surface area contributed by atoms with Gasteiger partial charge in [-0.25, -0.2) is 0 Å². The van der Waals surface area contributed by atoms with Crippen LogP contribution in [0.25, 0.3) is 55.1 Å². The molecule has 0 amide bonds. The number of aromatic nitrogens is 3. The summed E-state index contributed by atoms with van der Waals surface area (Å²) in [6.07, 6.45) is 0. The predicted molar refractivity (Wildman–Crippen MR) is 191 cm³/mol. The number of nitrogens with zero attached hydrogens (tertiary/aromatic N) is 3. The predicted octanol–water partition coefficient (Wildman–Crippen LogP) is 8.00. The van der Waals surface area contributed by atoms with Gasteiger partial charge < -0.3 is 14.0 Å². The van der Waals surface area contributed by atoms with E-state index >= 15 is 0 Å². The Labute approximate surface area is 303 Å². The smallest absolute Gasteiger partial charge is 0.262 e. The summed E-state index contributed by atoms with van der Waals surface area (Å²) < 4.78 is 229. The zero-order chi connectivity index (χ0) is 51.5. The second kappa shape index (κ2) is 9.15. The van der Waals surface area contributed by atoms with Gasteiger partial charge in [-0.3, -0.25) is 4.57 Å². The molecule has 218 valence electrons. The van der Waals surface area contributed by atoms with Crippen molar-refractivity contribution in [3.8, 4) is 34.6 Å². The molecule has 9 aromatic rings. The number of para-hydroxylation sites is 6. The van der Waals surface area contributed by atoms with Crippen LogP contribution in [0.2, 0.25) is 0 Å². The molecule has 5 heterocycles. The lowest BCUT2D eigenvalue weighted by molar-refractivity contribution is 0.450. The molecule has 0 unspecified atom stereocenters. The Kier molecular flexibility index (Phi) is 2.24. The van der Waals surface area contributed by atoms with Crippen molar-refractivity contribution < 1.29 is 42.4 Å². The maximum atomic E-state index is 9.92. The molecule has 0 N–H and O–H groups in total. The topological polar surface area (TPSA) is 41.2 Å². The zero-order valence-electron chi connectivity index (χ0n) is 47.2. The summed E-state index contributed by atoms with van der Waals surface area (Å²) in [5.74, 6) is -3.10. The SMILES string of the molecule is [2H]c1c([2H])c([2H])c2c(c1[2H])Oc1nc(-n3c4c([2H])c([2H])c([2H])c([2H])c4c4c([2H])c([2H])c([2H])c(-n5c6c([2H])c([2H])c([2H])c([2H])c6c6c([2H])c([2H])c([2H])c([2H])c65)c43)c([2H])c3c1B2c1c([2H])c([2H])c([2H])c([2H])c1O3. The van der Waals surface area contributed by atoms with Gasteiger partial charge in [-0.2, -0.15) is 4.98 Å². The summed E-state index contributed by atoms with van der Waals surface area (Å²) in [7, 11) is 0. The highest BCUT2D eigenvalue weighted by Crippen LogP contribution is 2.41. The Bertz CT molecular complexity index is 4040. The van der Waals surface area contributed by atoms with E-state index in [0.29, 0.717) is 0 Å². The van der Waals surface area contributed by atoms with Crippen LogP contribution >= 0.6 is 0 Å². The molecule has 3 aromatic heterocycles. The largest absolute Gasteiger partial charge is 0.458 e. The van der Waals surface area contributed by atoms with Crippen LogP contribution in [0.5, 0.6) is 23.1 Å². The molecule has 5 nitrogen and oxygen atoms in total. The van der Waals surface area contributed by atoms with Crippen LogP contribution < -0.4 is 25.9 Å². The van der Waals surface area contributed by atoms with Crippen LogP contribution in [0.4, 0.5) is 0 Å². The highest BCUT2D eigenvalue weighted by atomic mass is 16.5. The summed E-state index contributed by atoms with van der Waals surface area (Å²) in [6.45, 7) is -1.60. The number of rotatable bonds is 2. The van der Waals surface area contributed by atoms with Gasteiger partial charge in [-0.1, -0.05) is 103 Å². The zero-order valence-corrected chi connectivity index (χ0v) is 23.2. The van der Waals surface area contributed by atoms with Crippen molar-refractivity contribution in [1.29, 1.82) is 0 Å². The summed E-state index contributed by atoms with van der Waals surface area (Å²) in [6, 6.07) is -19.5. The molecule has 6 heteroatoms. The molecule has 0 saturated carbocycles. The van der Waals surface area contributed by atoms with E-state index in [1.807, 2.05) is 0 Å². The molecule has 47 heavy (non-hydrogen) atoms. The molecular weight excluding hydrogens is 577 g/mol. The molecule has 11 rings (SSSR count). The number of ether oxygens (including phenoxy) is 2. The molecule has 2 aliphatic heterocycles. The monoisotopic (exact) mass is 625 g/mol. The van der Waals surface area contributed by atoms with E-state index in [4.69, 9.17) is 32.8 Å². The first kappa shape index (κ1) is 11.5. The lowest BCUT2D eigenvalue weighted by Crippen LogP contribution is -2.57. The third kappa shape index (κ3) is 3.31. The molecule has 0 spiro atoms. The van der Waals surface area contributed by atoms with Crippen molar-refractivity contribution >= 4 is 66.7 Å². The Morgan fingerprint density at radius 2 is 1.04 bits per heavy atom. The van der Waals surface area contributed by atoms with E-state index in [9.17, 15) is 9.60 Å². The van der Waals surface area contributed by atoms with Gasteiger partial charge in [0.2, 0.25) is 5.88 Å². The Morgan fingerprint density at radius 1 is 0.511 bits per heavy atom. The molecular formula is C41H24BN3O2. The summed E-state index contributed by atoms with van der Waals surface area (Å²) in [5, 5.41) is -1.97. The highest BCUT2D eigenvalue weighted by Gasteiger charge is 2.41. The van der Waals surface area contributed by atoms with E-state index in [1.165, 1.54) is 0 Å². The van der Waals surface area contributed by atoms with Gasteiger partial charge in [0, 0.05) is 33.1 Å². The van der Waals surface area contributed by atoms with E-state index in [1.54, 1.807) is 0 Å². The van der Waals surface area contributed by atoms with Crippen LogP contribution in [0.3, 0.4) is 0 Å². The van der Waals surface area contributed by atoms with Gasteiger partial charge >= 0.3 is 0 Å². The number of hydrogen-bond donors (Lipinski definition) is 0. The minimum Gasteiger partial charge on any atom is -0.458 e. The Hall–Kier alpha value is -6.27. The summed E-state index contributed by atoms with van der Waals surface area (Å²) in [4.78, 5) is 4.66. The molecule has 0 bridgehead atoms. The minimum absolute atomic E-state index is 0.276. The van der Waals surface area contributed by atoms with E-state index in [-0.39, 0.29) is 16.4 Å². The van der Waals surface area contributed by atoms with Gasteiger partial charge in [0.15, 0.2) is 0 Å². The van der Waals surface area contributed by atoms with E-state index in [0.717, 1.165) is 9.13 Å². The molecule has 0 fully saturated rings. The molecule has 0 radical (unpaired) electrons. The van der Waals surface area contributed by atoms with Gasteiger partial charge in [-0.15, -0.1) is 0 Å². The average Bonchev–Trinajstić information content (AvgIpc) is 3.89. The third-order valence-corrected chi connectivity index (χ3v) is 8.20. The van der Waals surface area contributed by atoms with Gasteiger partial charge in [-0.05, 0) is 47.2 Å². The lowest BCUT2D eigenvalue weighted by Gasteiger charge is -2.32. The fourth-order valence-corrected chi connectivity index (χ4v) is 6.36. The van der Waals surface area contributed by atoms with Crippen molar-refractivity contribution in [3.05, 3.63) is 145 Å². The Balaban J connectivity index is 1.42.